The van der Waals surface area contributed by atoms with Crippen molar-refractivity contribution in [1.82, 2.24) is 14.9 Å². The fourth-order valence-electron chi connectivity index (χ4n) is 3.21. The molecule has 7 heteroatoms. The van der Waals surface area contributed by atoms with Crippen LogP contribution in [-0.2, 0) is 32.1 Å². The van der Waals surface area contributed by atoms with Gasteiger partial charge in [-0.2, -0.15) is 13.2 Å². The van der Waals surface area contributed by atoms with Crippen LogP contribution in [0.25, 0.3) is 0 Å². The first-order chi connectivity index (χ1) is 11.9. The summed E-state index contributed by atoms with van der Waals surface area (Å²) in [5, 5.41) is 0. The van der Waals surface area contributed by atoms with E-state index >= 15 is 0 Å². The van der Waals surface area contributed by atoms with Crippen molar-refractivity contribution in [3.8, 4) is 0 Å². The van der Waals surface area contributed by atoms with Crippen LogP contribution < -0.4 is 5.56 Å². The van der Waals surface area contributed by atoms with Crippen molar-refractivity contribution in [2.45, 2.75) is 45.5 Å². The monoisotopic (exact) mass is 351 g/mol. The average Bonchev–Trinajstić information content (AvgIpc) is 2.54. The molecule has 1 aromatic carbocycles. The second-order valence-corrected chi connectivity index (χ2v) is 6.30. The van der Waals surface area contributed by atoms with Gasteiger partial charge in [0.15, 0.2) is 0 Å². The zero-order valence-corrected chi connectivity index (χ0v) is 14.0. The standard InChI is InChI=1S/C18H20F3N3O/c1-2-5-16-22-15-11-24(9-8-13(15)17(25)23-16)10-12-6-3-4-7-14(12)18(19,20)21/h3-4,6-7H,2,5,8-11H2,1H3,(H,22,23,25). The number of nitrogens with zero attached hydrogens (tertiary/aromatic N) is 2. The van der Waals surface area contributed by atoms with Gasteiger partial charge in [-0.1, -0.05) is 25.1 Å². The molecule has 1 aliphatic heterocycles. The number of halogens is 3. The molecule has 0 radical (unpaired) electrons. The topological polar surface area (TPSA) is 49.0 Å². The predicted octanol–water partition coefficient (Wildman–Crippen LogP) is 3.30. The van der Waals surface area contributed by atoms with Crippen LogP contribution in [0.3, 0.4) is 0 Å². The quantitative estimate of drug-likeness (QED) is 0.919. The van der Waals surface area contributed by atoms with E-state index in [9.17, 15) is 18.0 Å². The Balaban J connectivity index is 1.83. The highest BCUT2D eigenvalue weighted by Gasteiger charge is 2.33. The molecular weight excluding hydrogens is 331 g/mol. The number of fused-ring (bicyclic) bond motifs is 1. The lowest BCUT2D eigenvalue weighted by atomic mass is 10.0. The summed E-state index contributed by atoms with van der Waals surface area (Å²) in [4.78, 5) is 21.4. The first-order valence-corrected chi connectivity index (χ1v) is 8.37. The third-order valence-corrected chi connectivity index (χ3v) is 4.41. The predicted molar refractivity (Wildman–Crippen MR) is 88.1 cm³/mol. The minimum absolute atomic E-state index is 0.121. The Bertz CT molecular complexity index is 814. The molecule has 134 valence electrons. The summed E-state index contributed by atoms with van der Waals surface area (Å²) in [6, 6.07) is 5.63. The summed E-state index contributed by atoms with van der Waals surface area (Å²) in [7, 11) is 0. The van der Waals surface area contributed by atoms with E-state index in [1.54, 1.807) is 6.07 Å². The number of hydrogen-bond acceptors (Lipinski definition) is 3. The first kappa shape index (κ1) is 17.7. The normalized spacial score (nSPS) is 15.2. The molecule has 0 saturated heterocycles. The lowest BCUT2D eigenvalue weighted by Crippen LogP contribution is -2.35. The fourth-order valence-corrected chi connectivity index (χ4v) is 3.21. The number of aromatic nitrogens is 2. The van der Waals surface area contributed by atoms with Crippen molar-refractivity contribution in [3.63, 3.8) is 0 Å². The lowest BCUT2D eigenvalue weighted by molar-refractivity contribution is -0.138. The van der Waals surface area contributed by atoms with E-state index < -0.39 is 11.7 Å². The Labute approximate surface area is 143 Å². The molecule has 0 saturated carbocycles. The molecule has 25 heavy (non-hydrogen) atoms. The van der Waals surface area contributed by atoms with Crippen molar-refractivity contribution in [1.29, 1.82) is 0 Å². The maximum Gasteiger partial charge on any atom is 0.416 e. The molecule has 0 spiro atoms. The number of aromatic amines is 1. The van der Waals surface area contributed by atoms with Gasteiger partial charge >= 0.3 is 6.18 Å². The van der Waals surface area contributed by atoms with Crippen LogP contribution in [0, 0.1) is 0 Å². The van der Waals surface area contributed by atoms with Crippen LogP contribution in [-0.4, -0.2) is 21.4 Å². The van der Waals surface area contributed by atoms with Crippen LogP contribution in [0.1, 0.15) is 41.6 Å². The Morgan fingerprint density at radius 1 is 1.28 bits per heavy atom. The first-order valence-electron chi connectivity index (χ1n) is 8.37. The summed E-state index contributed by atoms with van der Waals surface area (Å²) in [5.41, 5.74) is 0.857. The molecular formula is C18H20F3N3O. The molecule has 1 N–H and O–H groups in total. The van der Waals surface area contributed by atoms with Gasteiger partial charge in [-0.25, -0.2) is 4.98 Å². The summed E-state index contributed by atoms with van der Waals surface area (Å²) < 4.78 is 39.5. The van der Waals surface area contributed by atoms with Crippen LogP contribution >= 0.6 is 0 Å². The summed E-state index contributed by atoms with van der Waals surface area (Å²) in [6.45, 7) is 3.12. The molecule has 0 unspecified atom stereocenters. The van der Waals surface area contributed by atoms with Crippen molar-refractivity contribution in [2.24, 2.45) is 0 Å². The van der Waals surface area contributed by atoms with Crippen molar-refractivity contribution in [3.05, 3.63) is 62.8 Å². The molecule has 1 aromatic heterocycles. The van der Waals surface area contributed by atoms with E-state index in [0.29, 0.717) is 43.0 Å². The van der Waals surface area contributed by atoms with Gasteiger partial charge in [-0.3, -0.25) is 9.69 Å². The van der Waals surface area contributed by atoms with Crippen molar-refractivity contribution >= 4 is 0 Å². The molecule has 2 heterocycles. The van der Waals surface area contributed by atoms with Gasteiger partial charge in [0.2, 0.25) is 0 Å². The van der Waals surface area contributed by atoms with E-state index in [-0.39, 0.29) is 17.7 Å². The van der Waals surface area contributed by atoms with Gasteiger partial charge in [-0.15, -0.1) is 0 Å². The highest BCUT2D eigenvalue weighted by Crippen LogP contribution is 2.32. The molecule has 3 rings (SSSR count). The molecule has 2 aromatic rings. The highest BCUT2D eigenvalue weighted by molar-refractivity contribution is 5.30. The zero-order valence-electron chi connectivity index (χ0n) is 14.0. The molecule has 0 fully saturated rings. The van der Waals surface area contributed by atoms with Gasteiger partial charge in [0, 0.05) is 31.6 Å². The number of aryl methyl sites for hydroxylation is 1. The third kappa shape index (κ3) is 3.92. The van der Waals surface area contributed by atoms with Crippen molar-refractivity contribution < 1.29 is 13.2 Å². The number of benzene rings is 1. The minimum atomic E-state index is -4.37. The number of hydrogen-bond donors (Lipinski definition) is 1. The maximum atomic E-state index is 13.2. The third-order valence-electron chi connectivity index (χ3n) is 4.41. The van der Waals surface area contributed by atoms with Gasteiger partial charge < -0.3 is 4.98 Å². The molecule has 0 atom stereocenters. The summed E-state index contributed by atoms with van der Waals surface area (Å²) in [6.07, 6.45) is -2.32. The highest BCUT2D eigenvalue weighted by atomic mass is 19.4. The van der Waals surface area contributed by atoms with Crippen LogP contribution in [0.5, 0.6) is 0 Å². The zero-order chi connectivity index (χ0) is 18.0. The number of rotatable bonds is 4. The fraction of sp³-hybridized carbons (Fsp3) is 0.444. The Kier molecular flexibility index (Phi) is 4.94. The molecule has 1 aliphatic rings. The Morgan fingerprint density at radius 3 is 2.76 bits per heavy atom. The molecule has 0 aliphatic carbocycles. The van der Waals surface area contributed by atoms with E-state index in [0.717, 1.165) is 12.5 Å². The van der Waals surface area contributed by atoms with Crippen LogP contribution in [0.4, 0.5) is 13.2 Å². The summed E-state index contributed by atoms with van der Waals surface area (Å²) in [5.74, 6) is 0.642. The largest absolute Gasteiger partial charge is 0.416 e. The molecule has 0 amide bonds. The second-order valence-electron chi connectivity index (χ2n) is 6.30. The summed E-state index contributed by atoms with van der Waals surface area (Å²) >= 11 is 0. The van der Waals surface area contributed by atoms with Gasteiger partial charge in [-0.05, 0) is 24.5 Å². The number of alkyl halides is 3. The van der Waals surface area contributed by atoms with E-state index in [1.165, 1.54) is 12.1 Å². The maximum absolute atomic E-state index is 13.2. The molecule has 0 bridgehead atoms. The second kappa shape index (κ2) is 7.00. The molecule has 4 nitrogen and oxygen atoms in total. The van der Waals surface area contributed by atoms with E-state index in [1.807, 2.05) is 11.8 Å². The average molecular weight is 351 g/mol. The SMILES string of the molecule is CCCc1nc2c(c(=O)[nH]1)CCN(Cc1ccccc1C(F)(F)F)C2. The van der Waals surface area contributed by atoms with Crippen molar-refractivity contribution in [2.75, 3.05) is 6.54 Å². The Hall–Kier alpha value is -2.15. The smallest absolute Gasteiger partial charge is 0.310 e. The number of nitrogens with one attached hydrogen (secondary N) is 1. The van der Waals surface area contributed by atoms with Crippen LogP contribution in [0.15, 0.2) is 29.1 Å². The minimum Gasteiger partial charge on any atom is -0.310 e. The number of H-pyrrole nitrogens is 1. The van der Waals surface area contributed by atoms with E-state index in [2.05, 4.69) is 9.97 Å². The van der Waals surface area contributed by atoms with Crippen LogP contribution in [0.2, 0.25) is 0 Å². The van der Waals surface area contributed by atoms with Gasteiger partial charge in [0.1, 0.15) is 5.82 Å². The van der Waals surface area contributed by atoms with Gasteiger partial charge in [0.25, 0.3) is 5.56 Å². The van der Waals surface area contributed by atoms with Gasteiger partial charge in [0.05, 0.1) is 11.3 Å². The van der Waals surface area contributed by atoms with E-state index in [4.69, 9.17) is 0 Å². The Morgan fingerprint density at radius 2 is 2.04 bits per heavy atom. The lowest BCUT2D eigenvalue weighted by Gasteiger charge is -2.28.